The number of unbranched alkanes of at least 4 members (excludes halogenated alkanes) is 1. The zero-order valence-corrected chi connectivity index (χ0v) is 25.1. The fraction of sp³-hybridized carbons (Fsp3) is 0.448. The number of ether oxygens (including phenoxy) is 2. The summed E-state index contributed by atoms with van der Waals surface area (Å²) in [6.45, 7) is 3.71. The van der Waals surface area contributed by atoms with Crippen LogP contribution >= 0.6 is 23.1 Å². The molecular formula is C29H36N6O4S2. The van der Waals surface area contributed by atoms with E-state index in [9.17, 15) is 9.90 Å². The minimum absolute atomic E-state index is 0.1000. The molecule has 0 bridgehead atoms. The molecule has 218 valence electrons. The number of hydrazone groups is 1. The average molecular weight is 597 g/mol. The predicted molar refractivity (Wildman–Crippen MR) is 161 cm³/mol. The predicted octanol–water partition coefficient (Wildman–Crippen LogP) is 4.29. The van der Waals surface area contributed by atoms with Gasteiger partial charge in [0.2, 0.25) is 5.13 Å². The van der Waals surface area contributed by atoms with Crippen LogP contribution in [-0.2, 0) is 32.7 Å². The molecule has 0 spiro atoms. The van der Waals surface area contributed by atoms with Crippen molar-refractivity contribution >= 4 is 39.2 Å². The number of nitrogens with one attached hydrogen (secondary N) is 2. The van der Waals surface area contributed by atoms with E-state index in [4.69, 9.17) is 9.47 Å². The smallest absolute Gasteiger partial charge is 0.265 e. The first-order chi connectivity index (χ1) is 19.7. The number of rotatable bonds is 12. The van der Waals surface area contributed by atoms with E-state index in [-0.39, 0.29) is 18.0 Å². The number of anilines is 1. The highest BCUT2D eigenvalue weighted by atomic mass is 32.2. The fourth-order valence-corrected chi connectivity index (χ4v) is 6.67. The number of nitrogens with zero attached hydrogens (tertiary/aromatic N) is 4. The van der Waals surface area contributed by atoms with Crippen molar-refractivity contribution in [1.29, 1.82) is 0 Å². The number of benzene rings is 2. The number of aliphatic hydroxyl groups excluding tert-OH is 1. The molecule has 2 aliphatic heterocycles. The van der Waals surface area contributed by atoms with Crippen LogP contribution in [-0.4, -0.2) is 62.4 Å². The summed E-state index contributed by atoms with van der Waals surface area (Å²) in [4.78, 5) is 13.4. The molecule has 5 rings (SSSR count). The number of carbonyl (C=O) groups is 1. The zero-order chi connectivity index (χ0) is 28.9. The summed E-state index contributed by atoms with van der Waals surface area (Å²) >= 11 is 3.01. The summed E-state index contributed by atoms with van der Waals surface area (Å²) in [6, 6.07) is 19.3. The van der Waals surface area contributed by atoms with E-state index in [2.05, 4.69) is 25.9 Å². The SMILES string of the molecule is CN1N=C(CCCCc2nnc(NC(=O)C3(c4ccccc4)COC(C)(C)O3)s2)SC1NC(O)Cc1ccccc1. The molecule has 3 aromatic rings. The van der Waals surface area contributed by atoms with Gasteiger partial charge in [-0.2, -0.15) is 5.10 Å². The third-order valence-electron chi connectivity index (χ3n) is 6.83. The van der Waals surface area contributed by atoms with Crippen molar-refractivity contribution in [1.82, 2.24) is 20.5 Å². The van der Waals surface area contributed by atoms with E-state index in [1.54, 1.807) is 25.6 Å². The van der Waals surface area contributed by atoms with Gasteiger partial charge in [-0.05, 0) is 44.2 Å². The molecule has 12 heteroatoms. The Kier molecular flexibility index (Phi) is 9.37. The molecule has 2 aromatic carbocycles. The van der Waals surface area contributed by atoms with Gasteiger partial charge in [-0.1, -0.05) is 83.8 Å². The molecule has 0 aliphatic carbocycles. The molecule has 2 aliphatic rings. The van der Waals surface area contributed by atoms with Crippen molar-refractivity contribution in [3.63, 3.8) is 0 Å². The maximum atomic E-state index is 13.4. The minimum atomic E-state index is -1.26. The first-order valence-corrected chi connectivity index (χ1v) is 15.4. The highest BCUT2D eigenvalue weighted by Crippen LogP contribution is 2.40. The molecule has 1 amide bonds. The Morgan fingerprint density at radius 1 is 1.10 bits per heavy atom. The lowest BCUT2D eigenvalue weighted by molar-refractivity contribution is -0.172. The van der Waals surface area contributed by atoms with Crippen molar-refractivity contribution in [2.24, 2.45) is 5.10 Å². The molecule has 3 unspecified atom stereocenters. The molecule has 3 heterocycles. The molecule has 1 fully saturated rings. The van der Waals surface area contributed by atoms with Crippen LogP contribution in [0.5, 0.6) is 0 Å². The summed E-state index contributed by atoms with van der Waals surface area (Å²) in [7, 11) is 1.91. The second-order valence-electron chi connectivity index (χ2n) is 10.6. The Balaban J connectivity index is 1.07. The number of hydrogen-bond acceptors (Lipinski definition) is 11. The fourth-order valence-electron chi connectivity index (χ4n) is 4.77. The maximum Gasteiger partial charge on any atom is 0.265 e. The Morgan fingerprint density at radius 3 is 2.51 bits per heavy atom. The molecule has 3 N–H and O–H groups in total. The van der Waals surface area contributed by atoms with Gasteiger partial charge in [0.15, 0.2) is 16.9 Å². The van der Waals surface area contributed by atoms with E-state index in [0.717, 1.165) is 46.9 Å². The van der Waals surface area contributed by atoms with Gasteiger partial charge in [0.25, 0.3) is 5.91 Å². The number of aliphatic hydroxyl groups is 1. The molecule has 41 heavy (non-hydrogen) atoms. The van der Waals surface area contributed by atoms with Crippen molar-refractivity contribution in [2.45, 2.75) is 69.1 Å². The molecule has 10 nitrogen and oxygen atoms in total. The lowest BCUT2D eigenvalue weighted by Gasteiger charge is -2.28. The summed E-state index contributed by atoms with van der Waals surface area (Å²) in [5, 5.41) is 33.9. The van der Waals surface area contributed by atoms with E-state index in [1.165, 1.54) is 11.3 Å². The first-order valence-electron chi connectivity index (χ1n) is 13.7. The number of aryl methyl sites for hydroxylation is 1. The Labute approximate surface area is 248 Å². The average Bonchev–Trinajstić information content (AvgIpc) is 3.65. The number of aromatic nitrogens is 2. The van der Waals surface area contributed by atoms with E-state index >= 15 is 0 Å². The van der Waals surface area contributed by atoms with Gasteiger partial charge in [0.1, 0.15) is 11.2 Å². The molecule has 0 radical (unpaired) electrons. The maximum absolute atomic E-state index is 13.4. The van der Waals surface area contributed by atoms with Gasteiger partial charge in [0.05, 0.1) is 11.7 Å². The molecule has 0 saturated carbocycles. The van der Waals surface area contributed by atoms with Gasteiger partial charge in [-0.3, -0.25) is 20.4 Å². The summed E-state index contributed by atoms with van der Waals surface area (Å²) in [5.41, 5.74) is 0.457. The van der Waals surface area contributed by atoms with Crippen LogP contribution in [0, 0.1) is 0 Å². The highest BCUT2D eigenvalue weighted by molar-refractivity contribution is 8.14. The Hall–Kier alpha value is -2.87. The monoisotopic (exact) mass is 596 g/mol. The second kappa shape index (κ2) is 13.0. The second-order valence-corrected chi connectivity index (χ2v) is 12.8. The topological polar surface area (TPSA) is 121 Å². The van der Waals surface area contributed by atoms with Crippen molar-refractivity contribution in [3.8, 4) is 0 Å². The standard InChI is InChI=1S/C29H36N6O4S2/c1-28(2)38-19-29(39-28,21-14-8-5-9-15-21)25(37)31-26-33-32-23(40-26)16-10-11-17-24-34-35(3)27(41-24)30-22(36)18-20-12-6-4-7-13-20/h4-9,12-15,22,27,30,36H,10-11,16-19H2,1-3H3,(H,31,33,37). The third-order valence-corrected chi connectivity index (χ3v) is 8.95. The first kappa shape index (κ1) is 29.6. The number of thioether (sulfide) groups is 1. The quantitative estimate of drug-likeness (QED) is 0.208. The van der Waals surface area contributed by atoms with E-state index in [0.29, 0.717) is 11.6 Å². The van der Waals surface area contributed by atoms with Crippen molar-refractivity contribution in [3.05, 3.63) is 76.8 Å². The molecule has 1 aromatic heterocycles. The van der Waals surface area contributed by atoms with Crippen molar-refractivity contribution in [2.75, 3.05) is 19.0 Å². The van der Waals surface area contributed by atoms with Gasteiger partial charge < -0.3 is 14.6 Å². The van der Waals surface area contributed by atoms with E-state index < -0.39 is 17.6 Å². The molecule has 3 atom stereocenters. The Morgan fingerprint density at radius 2 is 1.80 bits per heavy atom. The third kappa shape index (κ3) is 7.51. The zero-order valence-electron chi connectivity index (χ0n) is 23.4. The van der Waals surface area contributed by atoms with Crippen LogP contribution in [0.1, 0.15) is 49.2 Å². The van der Waals surface area contributed by atoms with Gasteiger partial charge >= 0.3 is 0 Å². The van der Waals surface area contributed by atoms with E-state index in [1.807, 2.05) is 72.7 Å². The van der Waals surface area contributed by atoms with Crippen LogP contribution in [0.4, 0.5) is 5.13 Å². The lowest BCUT2D eigenvalue weighted by Crippen LogP contribution is -2.43. The van der Waals surface area contributed by atoms with Crippen molar-refractivity contribution < 1.29 is 19.4 Å². The van der Waals surface area contributed by atoms with Gasteiger partial charge in [-0.25, -0.2) is 0 Å². The summed E-state index contributed by atoms with van der Waals surface area (Å²) in [6.07, 6.45) is 3.35. The van der Waals surface area contributed by atoms with Crippen LogP contribution in [0.15, 0.2) is 65.8 Å². The highest BCUT2D eigenvalue weighted by Gasteiger charge is 2.52. The molecule has 1 saturated heterocycles. The van der Waals surface area contributed by atoms with Gasteiger partial charge in [-0.15, -0.1) is 10.2 Å². The largest absolute Gasteiger partial charge is 0.378 e. The lowest BCUT2D eigenvalue weighted by atomic mass is 9.93. The Bertz CT molecular complexity index is 1340. The number of hydrogen-bond donors (Lipinski definition) is 3. The summed E-state index contributed by atoms with van der Waals surface area (Å²) < 4.78 is 11.9. The number of amides is 1. The normalized spacial score (nSPS) is 22.5. The van der Waals surface area contributed by atoms with Crippen LogP contribution < -0.4 is 10.6 Å². The van der Waals surface area contributed by atoms with Crippen LogP contribution in [0.3, 0.4) is 0 Å². The van der Waals surface area contributed by atoms with Gasteiger partial charge in [0, 0.05) is 19.9 Å². The van der Waals surface area contributed by atoms with Crippen LogP contribution in [0.2, 0.25) is 0 Å². The number of carbonyl (C=O) groups excluding carboxylic acids is 1. The van der Waals surface area contributed by atoms with Crippen LogP contribution in [0.25, 0.3) is 0 Å². The molecular weight excluding hydrogens is 560 g/mol. The minimum Gasteiger partial charge on any atom is -0.378 e. The summed E-state index contributed by atoms with van der Waals surface area (Å²) in [5.74, 6) is -1.21.